The smallest absolute Gasteiger partial charge is 0.328 e. The number of rotatable bonds is 3. The van der Waals surface area contributed by atoms with Crippen molar-refractivity contribution in [2.75, 3.05) is 26.4 Å². The highest BCUT2D eigenvalue weighted by molar-refractivity contribution is 5.97. The molecule has 2 aliphatic heterocycles. The molecule has 6 nitrogen and oxygen atoms in total. The van der Waals surface area contributed by atoms with E-state index in [9.17, 15) is 9.59 Å². The molecule has 0 unspecified atom stereocenters. The number of nitrogens with zero attached hydrogens (tertiary/aromatic N) is 1. The molecule has 1 fully saturated rings. The molecular formula is C17H21NO5. The SMILES string of the molecule is CCOC(=O)[C@H]1CCCCN1C(=O)c1ccc2c(c1)OCCO2. The van der Waals surface area contributed by atoms with Crippen molar-refractivity contribution in [2.24, 2.45) is 0 Å². The number of carbonyl (C=O) groups is 2. The first-order valence-corrected chi connectivity index (χ1v) is 8.08. The molecular weight excluding hydrogens is 298 g/mol. The molecule has 0 aliphatic carbocycles. The molecule has 1 atom stereocenters. The Hall–Kier alpha value is -2.24. The average molecular weight is 319 g/mol. The summed E-state index contributed by atoms with van der Waals surface area (Å²) in [5.41, 5.74) is 0.505. The maximum atomic E-state index is 12.8. The van der Waals surface area contributed by atoms with E-state index >= 15 is 0 Å². The summed E-state index contributed by atoms with van der Waals surface area (Å²) >= 11 is 0. The summed E-state index contributed by atoms with van der Waals surface area (Å²) in [6.45, 7) is 3.64. The molecule has 0 saturated carbocycles. The van der Waals surface area contributed by atoms with Gasteiger partial charge >= 0.3 is 5.97 Å². The van der Waals surface area contributed by atoms with Gasteiger partial charge < -0.3 is 19.1 Å². The second-order valence-corrected chi connectivity index (χ2v) is 5.62. The summed E-state index contributed by atoms with van der Waals surface area (Å²) in [5.74, 6) is 0.734. The summed E-state index contributed by atoms with van der Waals surface area (Å²) in [4.78, 5) is 26.6. The van der Waals surface area contributed by atoms with Crippen molar-refractivity contribution in [1.29, 1.82) is 0 Å². The second-order valence-electron chi connectivity index (χ2n) is 5.62. The number of benzene rings is 1. The van der Waals surface area contributed by atoms with E-state index in [4.69, 9.17) is 14.2 Å². The lowest BCUT2D eigenvalue weighted by atomic mass is 10.0. The van der Waals surface area contributed by atoms with Crippen molar-refractivity contribution in [3.63, 3.8) is 0 Å². The van der Waals surface area contributed by atoms with Crippen LogP contribution in [-0.2, 0) is 9.53 Å². The summed E-state index contributed by atoms with van der Waals surface area (Å²) in [7, 11) is 0. The molecule has 0 bridgehead atoms. The summed E-state index contributed by atoms with van der Waals surface area (Å²) in [6.07, 6.45) is 2.47. The van der Waals surface area contributed by atoms with Crippen molar-refractivity contribution < 1.29 is 23.8 Å². The standard InChI is InChI=1S/C17H21NO5/c1-2-21-17(20)13-5-3-4-8-18(13)16(19)12-6-7-14-15(11-12)23-10-9-22-14/h6-7,11,13H,2-5,8-10H2,1H3/t13-/m1/s1. The van der Waals surface area contributed by atoms with Crippen LogP contribution in [0.3, 0.4) is 0 Å². The fraction of sp³-hybridized carbons (Fsp3) is 0.529. The number of likely N-dealkylation sites (tertiary alicyclic amines) is 1. The van der Waals surface area contributed by atoms with Gasteiger partial charge in [0.1, 0.15) is 19.3 Å². The van der Waals surface area contributed by atoms with E-state index in [0.29, 0.717) is 49.8 Å². The number of piperidine rings is 1. The molecule has 6 heteroatoms. The quantitative estimate of drug-likeness (QED) is 0.798. The Labute approximate surface area is 135 Å². The summed E-state index contributed by atoms with van der Waals surface area (Å²) in [6, 6.07) is 4.65. The van der Waals surface area contributed by atoms with E-state index in [0.717, 1.165) is 12.8 Å². The molecule has 1 saturated heterocycles. The molecule has 1 aromatic rings. The summed E-state index contributed by atoms with van der Waals surface area (Å²) < 4.78 is 16.1. The molecule has 0 aromatic heterocycles. The Kier molecular flexibility index (Phi) is 4.69. The zero-order valence-electron chi connectivity index (χ0n) is 13.2. The molecule has 124 valence electrons. The predicted octanol–water partition coefficient (Wildman–Crippen LogP) is 2.02. The van der Waals surface area contributed by atoms with Gasteiger partial charge in [-0.25, -0.2) is 4.79 Å². The third kappa shape index (κ3) is 3.25. The third-order valence-electron chi connectivity index (χ3n) is 4.11. The topological polar surface area (TPSA) is 65.1 Å². The van der Waals surface area contributed by atoms with Crippen LogP contribution >= 0.6 is 0 Å². The predicted molar refractivity (Wildman–Crippen MR) is 82.7 cm³/mol. The molecule has 0 N–H and O–H groups in total. The van der Waals surface area contributed by atoms with E-state index in [-0.39, 0.29) is 11.9 Å². The number of hydrogen-bond acceptors (Lipinski definition) is 5. The van der Waals surface area contributed by atoms with E-state index in [1.165, 1.54) is 0 Å². The number of hydrogen-bond donors (Lipinski definition) is 0. The van der Waals surface area contributed by atoms with Crippen molar-refractivity contribution in [3.8, 4) is 11.5 Å². The van der Waals surface area contributed by atoms with Crippen molar-refractivity contribution >= 4 is 11.9 Å². The maximum Gasteiger partial charge on any atom is 0.328 e. The van der Waals surface area contributed by atoms with E-state index in [1.54, 1.807) is 30.0 Å². The van der Waals surface area contributed by atoms with E-state index < -0.39 is 6.04 Å². The molecule has 23 heavy (non-hydrogen) atoms. The first-order chi connectivity index (χ1) is 11.2. The van der Waals surface area contributed by atoms with Crippen molar-refractivity contribution in [2.45, 2.75) is 32.2 Å². The van der Waals surface area contributed by atoms with Crippen LogP contribution in [0.4, 0.5) is 0 Å². The van der Waals surface area contributed by atoms with Crippen LogP contribution in [0, 0.1) is 0 Å². The van der Waals surface area contributed by atoms with Gasteiger partial charge in [0.25, 0.3) is 5.91 Å². The minimum atomic E-state index is -0.496. The molecule has 3 rings (SSSR count). The monoisotopic (exact) mass is 319 g/mol. The maximum absolute atomic E-state index is 12.8. The highest BCUT2D eigenvalue weighted by atomic mass is 16.6. The van der Waals surface area contributed by atoms with Crippen LogP contribution in [0.15, 0.2) is 18.2 Å². The lowest BCUT2D eigenvalue weighted by Crippen LogP contribution is -2.48. The number of amides is 1. The Morgan fingerprint density at radius 1 is 1.22 bits per heavy atom. The normalized spacial score (nSPS) is 20.0. The highest BCUT2D eigenvalue weighted by Gasteiger charge is 2.34. The van der Waals surface area contributed by atoms with Crippen LogP contribution < -0.4 is 9.47 Å². The number of carbonyl (C=O) groups excluding carboxylic acids is 2. The van der Waals surface area contributed by atoms with Gasteiger partial charge in [-0.15, -0.1) is 0 Å². The van der Waals surface area contributed by atoms with Gasteiger partial charge in [-0.1, -0.05) is 0 Å². The minimum absolute atomic E-state index is 0.167. The van der Waals surface area contributed by atoms with Crippen LogP contribution in [0.25, 0.3) is 0 Å². The highest BCUT2D eigenvalue weighted by Crippen LogP contribution is 2.32. The second kappa shape index (κ2) is 6.89. The van der Waals surface area contributed by atoms with E-state index in [2.05, 4.69) is 0 Å². The van der Waals surface area contributed by atoms with Crippen molar-refractivity contribution in [1.82, 2.24) is 4.90 Å². The average Bonchev–Trinajstić information content (AvgIpc) is 2.61. The Morgan fingerprint density at radius 3 is 2.78 bits per heavy atom. The minimum Gasteiger partial charge on any atom is -0.486 e. The van der Waals surface area contributed by atoms with E-state index in [1.807, 2.05) is 0 Å². The first-order valence-electron chi connectivity index (χ1n) is 8.08. The zero-order chi connectivity index (χ0) is 16.2. The molecule has 2 heterocycles. The lowest BCUT2D eigenvalue weighted by Gasteiger charge is -2.34. The van der Waals surface area contributed by atoms with Gasteiger partial charge in [-0.2, -0.15) is 0 Å². The molecule has 0 spiro atoms. The molecule has 2 aliphatic rings. The number of esters is 1. The fourth-order valence-electron chi connectivity index (χ4n) is 3.00. The van der Waals surface area contributed by atoms with Crippen LogP contribution in [0.5, 0.6) is 11.5 Å². The fourth-order valence-corrected chi connectivity index (χ4v) is 3.00. The molecule has 0 radical (unpaired) electrons. The third-order valence-corrected chi connectivity index (χ3v) is 4.11. The zero-order valence-corrected chi connectivity index (χ0v) is 13.2. The molecule has 1 aromatic carbocycles. The van der Waals surface area contributed by atoms with Gasteiger partial charge in [0.2, 0.25) is 0 Å². The van der Waals surface area contributed by atoms with Gasteiger partial charge in [-0.3, -0.25) is 4.79 Å². The summed E-state index contributed by atoms with van der Waals surface area (Å²) in [5, 5.41) is 0. The largest absolute Gasteiger partial charge is 0.486 e. The Bertz CT molecular complexity index is 601. The first kappa shape index (κ1) is 15.6. The van der Waals surface area contributed by atoms with Gasteiger partial charge in [-0.05, 0) is 44.4 Å². The Balaban J connectivity index is 1.81. The van der Waals surface area contributed by atoms with Crippen molar-refractivity contribution in [3.05, 3.63) is 23.8 Å². The molecule has 1 amide bonds. The van der Waals surface area contributed by atoms with Gasteiger partial charge in [0, 0.05) is 12.1 Å². The Morgan fingerprint density at radius 2 is 2.00 bits per heavy atom. The number of ether oxygens (including phenoxy) is 3. The lowest BCUT2D eigenvalue weighted by molar-refractivity contribution is -0.149. The number of fused-ring (bicyclic) bond motifs is 1. The van der Waals surface area contributed by atoms with Gasteiger partial charge in [0.05, 0.1) is 6.61 Å². The van der Waals surface area contributed by atoms with Crippen LogP contribution in [0.2, 0.25) is 0 Å². The van der Waals surface area contributed by atoms with Crippen LogP contribution in [-0.4, -0.2) is 49.2 Å². The van der Waals surface area contributed by atoms with Gasteiger partial charge in [0.15, 0.2) is 11.5 Å². The van der Waals surface area contributed by atoms with Crippen LogP contribution in [0.1, 0.15) is 36.5 Å².